The SMILES string of the molecule is CNC(=O)/C=C(\c1ccc(C)cc1)c1cccc2ccccc12. The molecule has 0 radical (unpaired) electrons. The van der Waals surface area contributed by atoms with E-state index in [4.69, 9.17) is 0 Å². The highest BCUT2D eigenvalue weighted by Gasteiger charge is 2.10. The van der Waals surface area contributed by atoms with Gasteiger partial charge in [0.25, 0.3) is 0 Å². The van der Waals surface area contributed by atoms with Crippen LogP contribution in [-0.2, 0) is 4.79 Å². The molecule has 0 spiro atoms. The zero-order chi connectivity index (χ0) is 16.2. The van der Waals surface area contributed by atoms with Crippen molar-refractivity contribution in [3.8, 4) is 0 Å². The van der Waals surface area contributed by atoms with Gasteiger partial charge in [0.05, 0.1) is 0 Å². The molecule has 114 valence electrons. The molecule has 3 rings (SSSR count). The third-order valence-electron chi connectivity index (χ3n) is 3.96. The number of benzene rings is 3. The summed E-state index contributed by atoms with van der Waals surface area (Å²) in [6, 6.07) is 22.7. The van der Waals surface area contributed by atoms with Crippen molar-refractivity contribution in [2.45, 2.75) is 6.92 Å². The maximum Gasteiger partial charge on any atom is 0.244 e. The molecule has 2 heteroatoms. The lowest BCUT2D eigenvalue weighted by Gasteiger charge is -2.12. The van der Waals surface area contributed by atoms with Gasteiger partial charge in [0.2, 0.25) is 5.91 Å². The largest absolute Gasteiger partial charge is 0.356 e. The lowest BCUT2D eigenvalue weighted by Crippen LogP contribution is -2.15. The maximum absolute atomic E-state index is 12.0. The summed E-state index contributed by atoms with van der Waals surface area (Å²) in [7, 11) is 1.65. The minimum atomic E-state index is -0.103. The van der Waals surface area contributed by atoms with Gasteiger partial charge in [-0.2, -0.15) is 0 Å². The summed E-state index contributed by atoms with van der Waals surface area (Å²) in [5.74, 6) is -0.103. The van der Waals surface area contributed by atoms with E-state index in [1.807, 2.05) is 18.2 Å². The molecule has 0 aliphatic heterocycles. The van der Waals surface area contributed by atoms with Crippen molar-refractivity contribution in [1.29, 1.82) is 0 Å². The average Bonchev–Trinajstić information content (AvgIpc) is 2.60. The van der Waals surface area contributed by atoms with Gasteiger partial charge in [0, 0.05) is 13.1 Å². The summed E-state index contributed by atoms with van der Waals surface area (Å²) < 4.78 is 0. The van der Waals surface area contributed by atoms with Crippen molar-refractivity contribution >= 4 is 22.3 Å². The second kappa shape index (κ2) is 6.49. The predicted octanol–water partition coefficient (Wildman–Crippen LogP) is 4.33. The molecule has 0 saturated carbocycles. The Morgan fingerprint density at radius 2 is 1.61 bits per heavy atom. The number of aryl methyl sites for hydroxylation is 1. The Morgan fingerprint density at radius 1 is 0.913 bits per heavy atom. The molecule has 1 N–H and O–H groups in total. The summed E-state index contributed by atoms with van der Waals surface area (Å²) in [5, 5.41) is 4.99. The van der Waals surface area contributed by atoms with E-state index < -0.39 is 0 Å². The zero-order valence-corrected chi connectivity index (χ0v) is 13.3. The standard InChI is InChI=1S/C21H19NO/c1-15-10-12-17(13-11-15)20(14-21(23)22-2)19-9-5-7-16-6-3-4-8-18(16)19/h3-14H,1-2H3,(H,22,23)/b20-14+. The van der Waals surface area contributed by atoms with Gasteiger partial charge in [-0.1, -0.05) is 72.3 Å². The van der Waals surface area contributed by atoms with Gasteiger partial charge in [-0.15, -0.1) is 0 Å². The van der Waals surface area contributed by atoms with Crippen LogP contribution in [0, 0.1) is 6.92 Å². The number of carbonyl (C=O) groups excluding carboxylic acids is 1. The summed E-state index contributed by atoms with van der Waals surface area (Å²) in [6.07, 6.45) is 1.67. The van der Waals surface area contributed by atoms with Crippen molar-refractivity contribution in [2.24, 2.45) is 0 Å². The Bertz CT molecular complexity index is 870. The minimum Gasteiger partial charge on any atom is -0.356 e. The Hall–Kier alpha value is -2.87. The number of hydrogen-bond acceptors (Lipinski definition) is 1. The first kappa shape index (κ1) is 15.0. The second-order valence-electron chi connectivity index (χ2n) is 5.56. The summed E-state index contributed by atoms with van der Waals surface area (Å²) >= 11 is 0. The van der Waals surface area contributed by atoms with Gasteiger partial charge in [-0.25, -0.2) is 0 Å². The van der Waals surface area contributed by atoms with Crippen molar-refractivity contribution in [1.82, 2.24) is 5.32 Å². The fourth-order valence-electron chi connectivity index (χ4n) is 2.71. The molecule has 3 aromatic rings. The number of fused-ring (bicyclic) bond motifs is 1. The fraction of sp³-hybridized carbons (Fsp3) is 0.0952. The lowest BCUT2D eigenvalue weighted by atomic mass is 9.92. The third kappa shape index (κ3) is 3.16. The second-order valence-corrected chi connectivity index (χ2v) is 5.56. The molecule has 0 saturated heterocycles. The summed E-state index contributed by atoms with van der Waals surface area (Å²) in [5.41, 5.74) is 4.23. The van der Waals surface area contributed by atoms with Crippen molar-refractivity contribution < 1.29 is 4.79 Å². The van der Waals surface area contributed by atoms with E-state index in [2.05, 4.69) is 60.8 Å². The average molecular weight is 301 g/mol. The van der Waals surface area contributed by atoms with Crippen LogP contribution in [0.3, 0.4) is 0 Å². The van der Waals surface area contributed by atoms with Crippen LogP contribution in [0.5, 0.6) is 0 Å². The monoisotopic (exact) mass is 301 g/mol. The Morgan fingerprint density at radius 3 is 2.35 bits per heavy atom. The number of hydrogen-bond donors (Lipinski definition) is 1. The molecule has 0 aliphatic carbocycles. The van der Waals surface area contributed by atoms with E-state index in [0.29, 0.717) is 0 Å². The molecule has 0 fully saturated rings. The Balaban J connectivity index is 2.24. The number of nitrogens with one attached hydrogen (secondary N) is 1. The number of likely N-dealkylation sites (N-methyl/N-ethyl adjacent to an activating group) is 1. The normalized spacial score (nSPS) is 11.5. The molecule has 2 nitrogen and oxygen atoms in total. The van der Waals surface area contributed by atoms with Gasteiger partial charge in [0.15, 0.2) is 0 Å². The molecule has 0 unspecified atom stereocenters. The molecule has 0 atom stereocenters. The quantitative estimate of drug-likeness (QED) is 0.717. The number of carbonyl (C=O) groups is 1. The van der Waals surface area contributed by atoms with Crippen LogP contribution in [0.2, 0.25) is 0 Å². The molecule has 0 aromatic heterocycles. The molecular weight excluding hydrogens is 282 g/mol. The highest BCUT2D eigenvalue weighted by atomic mass is 16.1. The van der Waals surface area contributed by atoms with Crippen molar-refractivity contribution in [3.63, 3.8) is 0 Å². The van der Waals surface area contributed by atoms with E-state index in [1.54, 1.807) is 13.1 Å². The van der Waals surface area contributed by atoms with Crippen LogP contribution < -0.4 is 5.32 Å². The highest BCUT2D eigenvalue weighted by molar-refractivity contribution is 6.04. The van der Waals surface area contributed by atoms with Gasteiger partial charge in [0.1, 0.15) is 0 Å². The van der Waals surface area contributed by atoms with Gasteiger partial charge < -0.3 is 5.32 Å². The first-order valence-electron chi connectivity index (χ1n) is 7.67. The Labute approximate surface area is 136 Å². The Kier molecular flexibility index (Phi) is 4.24. The van der Waals surface area contributed by atoms with Crippen LogP contribution in [0.4, 0.5) is 0 Å². The van der Waals surface area contributed by atoms with Crippen LogP contribution in [0.25, 0.3) is 16.3 Å². The van der Waals surface area contributed by atoms with E-state index in [1.165, 1.54) is 10.9 Å². The molecule has 0 bridgehead atoms. The van der Waals surface area contributed by atoms with Gasteiger partial charge in [-0.05, 0) is 34.4 Å². The molecule has 0 heterocycles. The predicted molar refractivity (Wildman–Crippen MR) is 96.3 cm³/mol. The molecule has 1 amide bonds. The highest BCUT2D eigenvalue weighted by Crippen LogP contribution is 2.30. The minimum absolute atomic E-state index is 0.103. The maximum atomic E-state index is 12.0. The van der Waals surface area contributed by atoms with E-state index in [0.717, 1.165) is 22.1 Å². The molecule has 3 aromatic carbocycles. The van der Waals surface area contributed by atoms with Crippen LogP contribution in [-0.4, -0.2) is 13.0 Å². The zero-order valence-electron chi connectivity index (χ0n) is 13.3. The van der Waals surface area contributed by atoms with E-state index in [9.17, 15) is 4.79 Å². The molecule has 23 heavy (non-hydrogen) atoms. The first-order chi connectivity index (χ1) is 11.2. The number of amides is 1. The fourth-order valence-corrected chi connectivity index (χ4v) is 2.71. The van der Waals surface area contributed by atoms with Gasteiger partial charge >= 0.3 is 0 Å². The smallest absolute Gasteiger partial charge is 0.244 e. The van der Waals surface area contributed by atoms with E-state index >= 15 is 0 Å². The van der Waals surface area contributed by atoms with Crippen molar-refractivity contribution in [3.05, 3.63) is 89.5 Å². The topological polar surface area (TPSA) is 29.1 Å². The van der Waals surface area contributed by atoms with Crippen molar-refractivity contribution in [2.75, 3.05) is 7.05 Å². The first-order valence-corrected chi connectivity index (χ1v) is 7.67. The third-order valence-corrected chi connectivity index (χ3v) is 3.96. The number of rotatable bonds is 3. The van der Waals surface area contributed by atoms with Crippen LogP contribution in [0.1, 0.15) is 16.7 Å². The lowest BCUT2D eigenvalue weighted by molar-refractivity contribution is -0.116. The van der Waals surface area contributed by atoms with E-state index in [-0.39, 0.29) is 5.91 Å². The summed E-state index contributed by atoms with van der Waals surface area (Å²) in [4.78, 5) is 12.0. The summed E-state index contributed by atoms with van der Waals surface area (Å²) in [6.45, 7) is 2.06. The molecular formula is C21H19NO. The van der Waals surface area contributed by atoms with Gasteiger partial charge in [-0.3, -0.25) is 4.79 Å². The molecule has 0 aliphatic rings. The van der Waals surface area contributed by atoms with Crippen LogP contribution >= 0.6 is 0 Å². The van der Waals surface area contributed by atoms with Crippen LogP contribution in [0.15, 0.2) is 72.8 Å².